The Kier molecular flexibility index (Phi) is 11.3. The SMILES string of the molecule is CCCCCCc1cc(-c2ccc(Br)cc2)ccc1-c1ccc(-c2ccc(Br)cc2)cc1CCCCCC. The van der Waals surface area contributed by atoms with Gasteiger partial charge in [-0.2, -0.15) is 0 Å². The fourth-order valence-corrected chi connectivity index (χ4v) is 5.78. The molecule has 0 heterocycles. The summed E-state index contributed by atoms with van der Waals surface area (Å²) in [6.45, 7) is 4.58. The van der Waals surface area contributed by atoms with Crippen molar-refractivity contribution in [1.29, 1.82) is 0 Å². The minimum Gasteiger partial charge on any atom is -0.0654 e. The molecule has 198 valence electrons. The van der Waals surface area contributed by atoms with Crippen molar-refractivity contribution in [3.05, 3.63) is 105 Å². The number of aryl methyl sites for hydroxylation is 2. The van der Waals surface area contributed by atoms with Gasteiger partial charge < -0.3 is 0 Å². The highest BCUT2D eigenvalue weighted by Crippen LogP contribution is 2.36. The average molecular weight is 633 g/mol. The molecule has 4 aromatic rings. The monoisotopic (exact) mass is 630 g/mol. The van der Waals surface area contributed by atoms with E-state index in [9.17, 15) is 0 Å². The normalized spacial score (nSPS) is 11.2. The van der Waals surface area contributed by atoms with Crippen LogP contribution in [0.1, 0.15) is 76.3 Å². The van der Waals surface area contributed by atoms with Crippen molar-refractivity contribution in [2.24, 2.45) is 0 Å². The van der Waals surface area contributed by atoms with Gasteiger partial charge in [-0.3, -0.25) is 0 Å². The van der Waals surface area contributed by atoms with Gasteiger partial charge in [0.05, 0.1) is 0 Å². The Labute approximate surface area is 247 Å². The molecule has 0 N–H and O–H groups in total. The van der Waals surface area contributed by atoms with Crippen LogP contribution in [0.25, 0.3) is 33.4 Å². The number of halogens is 2. The molecule has 0 spiro atoms. The molecule has 0 aliphatic carbocycles. The first-order valence-electron chi connectivity index (χ1n) is 14.4. The van der Waals surface area contributed by atoms with Crippen LogP contribution >= 0.6 is 31.9 Å². The Hall–Kier alpha value is -2.16. The van der Waals surface area contributed by atoms with Crippen LogP contribution in [0.4, 0.5) is 0 Å². The van der Waals surface area contributed by atoms with Crippen molar-refractivity contribution >= 4 is 31.9 Å². The highest BCUT2D eigenvalue weighted by Gasteiger charge is 2.13. The Morgan fingerprint density at radius 3 is 1.16 bits per heavy atom. The first-order chi connectivity index (χ1) is 18.6. The Balaban J connectivity index is 1.74. The molecule has 0 saturated carbocycles. The van der Waals surface area contributed by atoms with Gasteiger partial charge in [0.15, 0.2) is 0 Å². The van der Waals surface area contributed by atoms with E-state index >= 15 is 0 Å². The zero-order chi connectivity index (χ0) is 26.7. The third kappa shape index (κ3) is 7.93. The lowest BCUT2D eigenvalue weighted by molar-refractivity contribution is 0.665. The molecule has 0 fully saturated rings. The van der Waals surface area contributed by atoms with Gasteiger partial charge in [0.25, 0.3) is 0 Å². The number of unbranched alkanes of at least 4 members (excludes halogenated alkanes) is 6. The summed E-state index contributed by atoms with van der Waals surface area (Å²) < 4.78 is 2.24. The molecular weight excluding hydrogens is 592 g/mol. The van der Waals surface area contributed by atoms with Gasteiger partial charge in [0, 0.05) is 8.95 Å². The van der Waals surface area contributed by atoms with Gasteiger partial charge in [0.2, 0.25) is 0 Å². The summed E-state index contributed by atoms with van der Waals surface area (Å²) in [6, 6.07) is 31.7. The molecule has 0 atom stereocenters. The zero-order valence-corrected chi connectivity index (χ0v) is 26.1. The van der Waals surface area contributed by atoms with Crippen molar-refractivity contribution in [1.82, 2.24) is 0 Å². The van der Waals surface area contributed by atoms with E-state index in [1.165, 1.54) is 95.9 Å². The van der Waals surface area contributed by atoms with Crippen molar-refractivity contribution < 1.29 is 0 Å². The Morgan fingerprint density at radius 2 is 0.789 bits per heavy atom. The number of rotatable bonds is 13. The van der Waals surface area contributed by atoms with Crippen molar-refractivity contribution in [3.63, 3.8) is 0 Å². The minimum atomic E-state index is 1.12. The van der Waals surface area contributed by atoms with E-state index in [0.717, 1.165) is 21.8 Å². The van der Waals surface area contributed by atoms with Crippen LogP contribution in [0, 0.1) is 0 Å². The number of hydrogen-bond donors (Lipinski definition) is 0. The molecule has 0 aliphatic rings. The van der Waals surface area contributed by atoms with E-state index in [4.69, 9.17) is 0 Å². The summed E-state index contributed by atoms with van der Waals surface area (Å²) in [5, 5.41) is 0. The second-order valence-corrected chi connectivity index (χ2v) is 12.2. The fraction of sp³-hybridized carbons (Fsp3) is 0.333. The van der Waals surface area contributed by atoms with Crippen LogP contribution in [0.5, 0.6) is 0 Å². The molecule has 0 bridgehead atoms. The summed E-state index contributed by atoms with van der Waals surface area (Å²) in [7, 11) is 0. The van der Waals surface area contributed by atoms with E-state index in [-0.39, 0.29) is 0 Å². The summed E-state index contributed by atoms with van der Waals surface area (Å²) >= 11 is 7.17. The maximum Gasteiger partial charge on any atom is 0.0175 e. The maximum atomic E-state index is 3.59. The second-order valence-electron chi connectivity index (χ2n) is 10.4. The van der Waals surface area contributed by atoms with E-state index in [0.29, 0.717) is 0 Å². The van der Waals surface area contributed by atoms with Crippen LogP contribution in [-0.4, -0.2) is 0 Å². The molecule has 0 amide bonds. The van der Waals surface area contributed by atoms with Gasteiger partial charge in [-0.15, -0.1) is 0 Å². The van der Waals surface area contributed by atoms with Crippen molar-refractivity contribution in [2.75, 3.05) is 0 Å². The first kappa shape index (κ1) is 28.8. The van der Waals surface area contributed by atoms with Crippen LogP contribution < -0.4 is 0 Å². The van der Waals surface area contributed by atoms with Gasteiger partial charge in [0.1, 0.15) is 0 Å². The zero-order valence-electron chi connectivity index (χ0n) is 22.9. The van der Waals surface area contributed by atoms with Gasteiger partial charge in [-0.05, 0) is 94.5 Å². The van der Waals surface area contributed by atoms with Crippen LogP contribution in [0.3, 0.4) is 0 Å². The van der Waals surface area contributed by atoms with Gasteiger partial charge in [-0.25, -0.2) is 0 Å². The molecule has 0 aliphatic heterocycles. The largest absolute Gasteiger partial charge is 0.0654 e. The van der Waals surface area contributed by atoms with Crippen LogP contribution in [0.15, 0.2) is 93.9 Å². The molecular formula is C36H40Br2. The lowest BCUT2D eigenvalue weighted by Gasteiger charge is -2.18. The summed E-state index contributed by atoms with van der Waals surface area (Å²) in [6.07, 6.45) is 12.5. The predicted octanol–water partition coefficient (Wildman–Crippen LogP) is 12.5. The van der Waals surface area contributed by atoms with E-state index < -0.39 is 0 Å². The van der Waals surface area contributed by atoms with E-state index in [2.05, 4.69) is 131 Å². The highest BCUT2D eigenvalue weighted by molar-refractivity contribution is 9.10. The third-order valence-electron chi connectivity index (χ3n) is 7.46. The third-order valence-corrected chi connectivity index (χ3v) is 8.51. The molecule has 38 heavy (non-hydrogen) atoms. The molecule has 0 saturated heterocycles. The average Bonchev–Trinajstić information content (AvgIpc) is 2.94. The molecule has 0 unspecified atom stereocenters. The number of benzene rings is 4. The van der Waals surface area contributed by atoms with Gasteiger partial charge >= 0.3 is 0 Å². The first-order valence-corrected chi connectivity index (χ1v) is 16.0. The topological polar surface area (TPSA) is 0 Å². The summed E-state index contributed by atoms with van der Waals surface area (Å²) in [5.41, 5.74) is 11.0. The second kappa shape index (κ2) is 14.8. The molecule has 4 rings (SSSR count). The molecule has 0 radical (unpaired) electrons. The maximum absolute atomic E-state index is 3.59. The van der Waals surface area contributed by atoms with Crippen LogP contribution in [0.2, 0.25) is 0 Å². The molecule has 2 heteroatoms. The number of hydrogen-bond acceptors (Lipinski definition) is 0. The summed E-state index contributed by atoms with van der Waals surface area (Å²) in [4.78, 5) is 0. The lowest BCUT2D eigenvalue weighted by Crippen LogP contribution is -1.97. The fourth-order valence-electron chi connectivity index (χ4n) is 5.25. The standard InChI is InChI=1S/C36H40Br2/c1-3-5-7-9-11-31-25-29(27-13-19-33(37)20-14-27)17-23-35(31)36-24-18-30(28-15-21-34(38)22-16-28)26-32(36)12-10-8-6-4-2/h13-26H,3-12H2,1-2H3. The Bertz CT molecular complexity index is 1180. The lowest BCUT2D eigenvalue weighted by atomic mass is 9.87. The molecule has 4 aromatic carbocycles. The predicted molar refractivity (Wildman–Crippen MR) is 174 cm³/mol. The quantitative estimate of drug-likeness (QED) is 0.129. The highest BCUT2D eigenvalue weighted by atomic mass is 79.9. The van der Waals surface area contributed by atoms with Crippen LogP contribution in [-0.2, 0) is 12.8 Å². The minimum absolute atomic E-state index is 1.12. The smallest absolute Gasteiger partial charge is 0.0175 e. The van der Waals surface area contributed by atoms with Gasteiger partial charge in [-0.1, -0.05) is 145 Å². The molecule has 0 aromatic heterocycles. The van der Waals surface area contributed by atoms with E-state index in [1.807, 2.05) is 0 Å². The van der Waals surface area contributed by atoms with E-state index in [1.54, 1.807) is 0 Å². The Morgan fingerprint density at radius 1 is 0.421 bits per heavy atom. The molecule has 0 nitrogen and oxygen atoms in total. The summed E-state index contributed by atoms with van der Waals surface area (Å²) in [5.74, 6) is 0. The van der Waals surface area contributed by atoms with Crippen molar-refractivity contribution in [2.45, 2.75) is 78.1 Å². The van der Waals surface area contributed by atoms with Crippen molar-refractivity contribution in [3.8, 4) is 33.4 Å².